The summed E-state index contributed by atoms with van der Waals surface area (Å²) in [6.45, 7) is 5.42. The number of amides is 1. The molecule has 0 aromatic heterocycles. The van der Waals surface area contributed by atoms with Gasteiger partial charge in [0.15, 0.2) is 0 Å². The maximum Gasteiger partial charge on any atom is 0.220 e. The van der Waals surface area contributed by atoms with Gasteiger partial charge in [-0.15, -0.1) is 19.0 Å². The number of halogens is 1. The van der Waals surface area contributed by atoms with E-state index >= 15 is 0 Å². The Labute approximate surface area is 122 Å². The third kappa shape index (κ3) is 7.55. The number of hydrogen-bond acceptors (Lipinski definition) is 3. The van der Waals surface area contributed by atoms with Gasteiger partial charge in [-0.1, -0.05) is 18.9 Å². The Morgan fingerprint density at radius 3 is 2.84 bits per heavy atom. The van der Waals surface area contributed by atoms with Crippen LogP contribution in [0.1, 0.15) is 38.5 Å². The van der Waals surface area contributed by atoms with E-state index in [-0.39, 0.29) is 24.4 Å². The summed E-state index contributed by atoms with van der Waals surface area (Å²) in [5.41, 5.74) is 5.74. The van der Waals surface area contributed by atoms with Gasteiger partial charge in [0.1, 0.15) is 0 Å². The lowest BCUT2D eigenvalue weighted by molar-refractivity contribution is -0.122. The third-order valence-corrected chi connectivity index (χ3v) is 3.49. The molecule has 0 spiro atoms. The molecule has 0 aromatic carbocycles. The highest BCUT2D eigenvalue weighted by Gasteiger charge is 2.24. The molecular formula is C14H27ClN2O2. The smallest absolute Gasteiger partial charge is 0.220 e. The van der Waals surface area contributed by atoms with Crippen LogP contribution in [0.4, 0.5) is 0 Å². The molecule has 112 valence electrons. The van der Waals surface area contributed by atoms with Crippen LogP contribution in [0.5, 0.6) is 0 Å². The maximum atomic E-state index is 11.8. The Hall–Kier alpha value is -0.580. The number of carbonyl (C=O) groups is 1. The summed E-state index contributed by atoms with van der Waals surface area (Å²) in [4.78, 5) is 11.8. The Morgan fingerprint density at radius 1 is 1.42 bits per heavy atom. The zero-order valence-corrected chi connectivity index (χ0v) is 12.4. The van der Waals surface area contributed by atoms with Gasteiger partial charge in [-0.25, -0.2) is 0 Å². The fourth-order valence-electron chi connectivity index (χ4n) is 2.46. The highest BCUT2D eigenvalue weighted by molar-refractivity contribution is 5.85. The molecule has 0 aliphatic heterocycles. The van der Waals surface area contributed by atoms with Crippen LogP contribution >= 0.6 is 12.4 Å². The molecule has 1 aliphatic rings. The summed E-state index contributed by atoms with van der Waals surface area (Å²) in [6, 6.07) is 0.283. The Morgan fingerprint density at radius 2 is 2.16 bits per heavy atom. The summed E-state index contributed by atoms with van der Waals surface area (Å²) >= 11 is 0. The molecule has 4 nitrogen and oxygen atoms in total. The fourth-order valence-corrected chi connectivity index (χ4v) is 2.46. The number of ether oxygens (including phenoxy) is 1. The maximum absolute atomic E-state index is 11.8. The van der Waals surface area contributed by atoms with E-state index in [9.17, 15) is 4.79 Å². The molecule has 1 amide bonds. The first kappa shape index (κ1) is 18.4. The molecule has 1 rings (SSSR count). The highest BCUT2D eigenvalue weighted by atomic mass is 35.5. The molecular weight excluding hydrogens is 264 g/mol. The topological polar surface area (TPSA) is 64.3 Å². The molecule has 1 saturated carbocycles. The third-order valence-electron chi connectivity index (χ3n) is 3.49. The van der Waals surface area contributed by atoms with E-state index in [1.807, 2.05) is 0 Å². The van der Waals surface area contributed by atoms with Crippen LogP contribution in [0.15, 0.2) is 12.7 Å². The molecule has 0 heterocycles. The first-order valence-corrected chi connectivity index (χ1v) is 6.96. The van der Waals surface area contributed by atoms with Crippen LogP contribution in [-0.2, 0) is 9.53 Å². The highest BCUT2D eigenvalue weighted by Crippen LogP contribution is 2.23. The molecule has 1 fully saturated rings. The van der Waals surface area contributed by atoms with Crippen LogP contribution in [0.3, 0.4) is 0 Å². The SMILES string of the molecule is C=CCOCCCC(=O)NC1CCCCC1CN.Cl. The second-order valence-corrected chi connectivity index (χ2v) is 4.92. The molecule has 0 bridgehead atoms. The molecule has 3 N–H and O–H groups in total. The molecule has 0 aromatic rings. The van der Waals surface area contributed by atoms with Crippen molar-refractivity contribution >= 4 is 18.3 Å². The predicted octanol–water partition coefficient (Wildman–Crippen LogP) is 2.02. The normalized spacial score (nSPS) is 22.4. The molecule has 2 unspecified atom stereocenters. The lowest BCUT2D eigenvalue weighted by Crippen LogP contribution is -2.44. The quantitative estimate of drug-likeness (QED) is 0.531. The summed E-state index contributed by atoms with van der Waals surface area (Å²) in [6.07, 6.45) is 7.66. The average Bonchev–Trinajstić information content (AvgIpc) is 2.39. The van der Waals surface area contributed by atoms with E-state index in [0.29, 0.717) is 32.1 Å². The molecule has 5 heteroatoms. The van der Waals surface area contributed by atoms with Crippen molar-refractivity contribution in [1.29, 1.82) is 0 Å². The predicted molar refractivity (Wildman–Crippen MR) is 80.4 cm³/mol. The van der Waals surface area contributed by atoms with Gasteiger partial charge < -0.3 is 15.8 Å². The van der Waals surface area contributed by atoms with Crippen molar-refractivity contribution in [3.8, 4) is 0 Å². The van der Waals surface area contributed by atoms with Crippen LogP contribution < -0.4 is 11.1 Å². The second kappa shape index (κ2) is 11.3. The average molecular weight is 291 g/mol. The van der Waals surface area contributed by atoms with Crippen molar-refractivity contribution in [2.45, 2.75) is 44.6 Å². The van der Waals surface area contributed by atoms with Crippen molar-refractivity contribution < 1.29 is 9.53 Å². The zero-order valence-electron chi connectivity index (χ0n) is 11.6. The van der Waals surface area contributed by atoms with Gasteiger partial charge >= 0.3 is 0 Å². The zero-order chi connectivity index (χ0) is 13.2. The van der Waals surface area contributed by atoms with Crippen molar-refractivity contribution in [2.24, 2.45) is 11.7 Å². The fraction of sp³-hybridized carbons (Fsp3) is 0.786. The van der Waals surface area contributed by atoms with Crippen molar-refractivity contribution in [2.75, 3.05) is 19.8 Å². The van der Waals surface area contributed by atoms with Crippen LogP contribution in [-0.4, -0.2) is 31.7 Å². The van der Waals surface area contributed by atoms with E-state index < -0.39 is 0 Å². The van der Waals surface area contributed by atoms with E-state index in [1.54, 1.807) is 6.08 Å². The number of rotatable bonds is 8. The molecule has 0 saturated heterocycles. The van der Waals surface area contributed by atoms with Crippen LogP contribution in [0.2, 0.25) is 0 Å². The molecule has 0 radical (unpaired) electrons. The van der Waals surface area contributed by atoms with Gasteiger partial charge in [-0.2, -0.15) is 0 Å². The summed E-state index contributed by atoms with van der Waals surface area (Å²) < 4.78 is 5.25. The second-order valence-electron chi connectivity index (χ2n) is 4.92. The minimum atomic E-state index is 0. The molecule has 2 atom stereocenters. The number of hydrogen-bond donors (Lipinski definition) is 2. The minimum absolute atomic E-state index is 0. The van der Waals surface area contributed by atoms with Gasteiger partial charge in [-0.05, 0) is 31.7 Å². The lowest BCUT2D eigenvalue weighted by atomic mass is 9.84. The largest absolute Gasteiger partial charge is 0.377 e. The first-order valence-electron chi connectivity index (χ1n) is 6.96. The monoisotopic (exact) mass is 290 g/mol. The number of carbonyl (C=O) groups excluding carboxylic acids is 1. The minimum Gasteiger partial charge on any atom is -0.377 e. The standard InChI is InChI=1S/C14H26N2O2.ClH/c1-2-9-18-10-5-8-14(17)16-13-7-4-3-6-12(13)11-15;/h2,12-13H,1,3-11,15H2,(H,16,17);1H. The van der Waals surface area contributed by atoms with Crippen LogP contribution in [0.25, 0.3) is 0 Å². The van der Waals surface area contributed by atoms with E-state index in [1.165, 1.54) is 12.8 Å². The van der Waals surface area contributed by atoms with E-state index in [4.69, 9.17) is 10.5 Å². The van der Waals surface area contributed by atoms with E-state index in [2.05, 4.69) is 11.9 Å². The van der Waals surface area contributed by atoms with Gasteiger partial charge in [0.2, 0.25) is 5.91 Å². The van der Waals surface area contributed by atoms with E-state index in [0.717, 1.165) is 19.3 Å². The number of nitrogens with one attached hydrogen (secondary N) is 1. The van der Waals surface area contributed by atoms with Crippen molar-refractivity contribution in [1.82, 2.24) is 5.32 Å². The van der Waals surface area contributed by atoms with Gasteiger partial charge in [-0.3, -0.25) is 4.79 Å². The molecule has 1 aliphatic carbocycles. The van der Waals surface area contributed by atoms with Crippen LogP contribution in [0, 0.1) is 5.92 Å². The van der Waals surface area contributed by atoms with Crippen molar-refractivity contribution in [3.63, 3.8) is 0 Å². The summed E-state index contributed by atoms with van der Waals surface area (Å²) in [5, 5.41) is 3.12. The Balaban J connectivity index is 0.00000324. The molecule has 19 heavy (non-hydrogen) atoms. The Kier molecular flexibility index (Phi) is 10.9. The first-order chi connectivity index (χ1) is 8.77. The van der Waals surface area contributed by atoms with Gasteiger partial charge in [0, 0.05) is 19.1 Å². The summed E-state index contributed by atoms with van der Waals surface area (Å²) in [5.74, 6) is 0.585. The summed E-state index contributed by atoms with van der Waals surface area (Å²) in [7, 11) is 0. The van der Waals surface area contributed by atoms with Gasteiger partial charge in [0.25, 0.3) is 0 Å². The Bertz CT molecular complexity index is 262. The lowest BCUT2D eigenvalue weighted by Gasteiger charge is -2.31. The van der Waals surface area contributed by atoms with Crippen molar-refractivity contribution in [3.05, 3.63) is 12.7 Å². The van der Waals surface area contributed by atoms with Gasteiger partial charge in [0.05, 0.1) is 6.61 Å². The number of nitrogens with two attached hydrogens (primary N) is 1.